The molecule has 4 N–H and O–H groups in total. The number of nitrogens with one attached hydrogen (secondary N) is 1. The minimum atomic E-state index is -4.59. The van der Waals surface area contributed by atoms with Gasteiger partial charge >= 0.3 is 18.2 Å². The largest absolute Gasteiger partial charge is 0.480 e. The highest BCUT2D eigenvalue weighted by Crippen LogP contribution is 2.22. The highest BCUT2D eigenvalue weighted by atomic mass is 19.4. The fourth-order valence-corrected chi connectivity index (χ4v) is 1.41. The average molecular weight is 291 g/mol. The molecule has 0 unspecified atom stereocenters. The van der Waals surface area contributed by atoms with Crippen LogP contribution in [-0.2, 0) is 4.79 Å². The SMILES string of the molecule is Nc1ccccc1N(CC(=O)O)C(=O)NCC(F)(F)F. The Kier molecular flexibility index (Phi) is 4.78. The molecule has 0 fully saturated rings. The molecule has 1 aromatic carbocycles. The van der Waals surface area contributed by atoms with Gasteiger partial charge in [0, 0.05) is 0 Å². The molecule has 9 heteroatoms. The van der Waals surface area contributed by atoms with Gasteiger partial charge in [-0.25, -0.2) is 4.79 Å². The molecule has 1 rings (SSSR count). The maximum Gasteiger partial charge on any atom is 0.405 e. The Morgan fingerprint density at radius 2 is 1.90 bits per heavy atom. The van der Waals surface area contributed by atoms with Crippen molar-refractivity contribution < 1.29 is 27.9 Å². The number of halogens is 3. The molecule has 0 bridgehead atoms. The Morgan fingerprint density at radius 1 is 1.30 bits per heavy atom. The first-order valence-corrected chi connectivity index (χ1v) is 5.39. The van der Waals surface area contributed by atoms with Crippen LogP contribution < -0.4 is 16.0 Å². The van der Waals surface area contributed by atoms with E-state index in [2.05, 4.69) is 0 Å². The summed E-state index contributed by atoms with van der Waals surface area (Å²) in [5, 5.41) is 10.3. The standard InChI is InChI=1S/C11H12F3N3O3/c12-11(13,14)6-16-10(20)17(5-9(18)19)8-4-2-1-3-7(8)15/h1-4H,5-6,15H2,(H,16,20)(H,18,19). The lowest BCUT2D eigenvalue weighted by Gasteiger charge is -2.23. The van der Waals surface area contributed by atoms with Crippen LogP contribution in [0.25, 0.3) is 0 Å². The molecule has 6 nitrogen and oxygen atoms in total. The number of rotatable bonds is 4. The number of hydrogen-bond donors (Lipinski definition) is 3. The monoisotopic (exact) mass is 291 g/mol. The van der Waals surface area contributed by atoms with E-state index in [1.807, 2.05) is 0 Å². The maximum absolute atomic E-state index is 12.0. The van der Waals surface area contributed by atoms with Crippen molar-refractivity contribution in [2.24, 2.45) is 0 Å². The maximum atomic E-state index is 12.0. The molecule has 20 heavy (non-hydrogen) atoms. The van der Waals surface area contributed by atoms with Crippen LogP contribution in [0.3, 0.4) is 0 Å². The lowest BCUT2D eigenvalue weighted by molar-refractivity contribution is -0.135. The van der Waals surface area contributed by atoms with E-state index in [0.717, 1.165) is 0 Å². The van der Waals surface area contributed by atoms with E-state index in [-0.39, 0.29) is 11.4 Å². The van der Waals surface area contributed by atoms with Crippen LogP contribution in [0, 0.1) is 0 Å². The van der Waals surface area contributed by atoms with Gasteiger partial charge in [-0.2, -0.15) is 13.2 Å². The van der Waals surface area contributed by atoms with Crippen LogP contribution in [0.1, 0.15) is 0 Å². The number of amides is 2. The van der Waals surface area contributed by atoms with Gasteiger partial charge in [0.15, 0.2) is 0 Å². The molecule has 0 radical (unpaired) electrons. The number of nitrogens with two attached hydrogens (primary N) is 1. The topological polar surface area (TPSA) is 95.7 Å². The van der Waals surface area contributed by atoms with Gasteiger partial charge in [-0.15, -0.1) is 0 Å². The molecule has 0 aliphatic rings. The van der Waals surface area contributed by atoms with Gasteiger partial charge in [0.25, 0.3) is 0 Å². The third kappa shape index (κ3) is 4.67. The summed E-state index contributed by atoms with van der Waals surface area (Å²) in [6, 6.07) is 4.58. The third-order valence-electron chi connectivity index (χ3n) is 2.21. The third-order valence-corrected chi connectivity index (χ3v) is 2.21. The number of benzene rings is 1. The first kappa shape index (κ1) is 15.6. The van der Waals surface area contributed by atoms with Gasteiger partial charge in [-0.05, 0) is 12.1 Å². The molecular formula is C11H12F3N3O3. The minimum absolute atomic E-state index is 0.0228. The summed E-state index contributed by atoms with van der Waals surface area (Å²) in [6.45, 7) is -2.37. The minimum Gasteiger partial charge on any atom is -0.480 e. The van der Waals surface area contributed by atoms with E-state index in [4.69, 9.17) is 10.8 Å². The number of alkyl halides is 3. The van der Waals surface area contributed by atoms with Crippen molar-refractivity contribution >= 4 is 23.4 Å². The smallest absolute Gasteiger partial charge is 0.405 e. The highest BCUT2D eigenvalue weighted by Gasteiger charge is 2.30. The number of urea groups is 1. The zero-order chi connectivity index (χ0) is 15.3. The van der Waals surface area contributed by atoms with Crippen LogP contribution in [0.15, 0.2) is 24.3 Å². The number of carbonyl (C=O) groups is 2. The number of carboxylic acid groups (broad SMARTS) is 1. The molecule has 0 saturated carbocycles. The lowest BCUT2D eigenvalue weighted by atomic mass is 10.2. The predicted octanol–water partition coefficient (Wildman–Crippen LogP) is 1.43. The molecule has 0 saturated heterocycles. The van der Waals surface area contributed by atoms with Crippen LogP contribution in [0.2, 0.25) is 0 Å². The van der Waals surface area contributed by atoms with Crippen molar-refractivity contribution in [3.05, 3.63) is 24.3 Å². The van der Waals surface area contributed by atoms with Gasteiger partial charge in [0.05, 0.1) is 11.4 Å². The van der Waals surface area contributed by atoms with Crippen LogP contribution in [0.5, 0.6) is 0 Å². The fraction of sp³-hybridized carbons (Fsp3) is 0.273. The number of anilines is 2. The average Bonchev–Trinajstić information content (AvgIpc) is 2.33. The van der Waals surface area contributed by atoms with Crippen LogP contribution >= 0.6 is 0 Å². The van der Waals surface area contributed by atoms with Crippen molar-refractivity contribution in [2.45, 2.75) is 6.18 Å². The van der Waals surface area contributed by atoms with Crippen molar-refractivity contribution in [2.75, 3.05) is 23.7 Å². The molecule has 110 valence electrons. The van der Waals surface area contributed by atoms with E-state index in [0.29, 0.717) is 4.90 Å². The molecule has 0 spiro atoms. The Balaban J connectivity index is 2.93. The molecular weight excluding hydrogens is 279 g/mol. The molecule has 2 amide bonds. The number of nitrogen functional groups attached to an aromatic ring is 1. The Bertz CT molecular complexity index is 505. The Morgan fingerprint density at radius 3 is 2.40 bits per heavy atom. The van der Waals surface area contributed by atoms with E-state index < -0.39 is 31.3 Å². The molecule has 0 aliphatic carbocycles. The summed E-state index contributed by atoms with van der Waals surface area (Å²) in [5.41, 5.74) is 5.68. The van der Waals surface area contributed by atoms with Gasteiger partial charge in [0.1, 0.15) is 13.1 Å². The lowest BCUT2D eigenvalue weighted by Crippen LogP contribution is -2.46. The van der Waals surface area contributed by atoms with E-state index in [1.165, 1.54) is 18.2 Å². The Labute approximate surface area is 112 Å². The fourth-order valence-electron chi connectivity index (χ4n) is 1.41. The summed E-state index contributed by atoms with van der Waals surface area (Å²) in [5.74, 6) is -1.38. The zero-order valence-corrected chi connectivity index (χ0v) is 10.1. The van der Waals surface area contributed by atoms with E-state index >= 15 is 0 Å². The summed E-state index contributed by atoms with van der Waals surface area (Å²) in [4.78, 5) is 23.0. The molecule has 0 aliphatic heterocycles. The van der Waals surface area contributed by atoms with Crippen LogP contribution in [0.4, 0.5) is 29.3 Å². The summed E-state index contributed by atoms with van der Waals surface area (Å²) in [7, 11) is 0. The van der Waals surface area contributed by atoms with Crippen molar-refractivity contribution in [1.29, 1.82) is 0 Å². The summed E-state index contributed by atoms with van der Waals surface area (Å²) < 4.78 is 36.1. The van der Waals surface area contributed by atoms with Gasteiger partial charge in [0.2, 0.25) is 0 Å². The number of nitrogens with zero attached hydrogens (tertiary/aromatic N) is 1. The molecule has 1 aromatic rings. The normalized spacial score (nSPS) is 10.9. The first-order chi connectivity index (χ1) is 9.20. The number of aliphatic carboxylic acids is 1. The number of carboxylic acids is 1. The van der Waals surface area contributed by atoms with E-state index in [1.54, 1.807) is 11.4 Å². The van der Waals surface area contributed by atoms with Gasteiger partial charge in [-0.3, -0.25) is 9.69 Å². The summed E-state index contributed by atoms with van der Waals surface area (Å²) in [6.07, 6.45) is -4.59. The van der Waals surface area contributed by atoms with Crippen molar-refractivity contribution in [3.63, 3.8) is 0 Å². The number of hydrogen-bond acceptors (Lipinski definition) is 3. The van der Waals surface area contributed by atoms with Crippen LogP contribution in [-0.4, -0.2) is 36.4 Å². The highest BCUT2D eigenvalue weighted by molar-refractivity contribution is 5.98. The van der Waals surface area contributed by atoms with E-state index in [9.17, 15) is 22.8 Å². The molecule has 0 heterocycles. The predicted molar refractivity (Wildman–Crippen MR) is 65.3 cm³/mol. The molecule has 0 atom stereocenters. The quantitative estimate of drug-likeness (QED) is 0.731. The van der Waals surface area contributed by atoms with Gasteiger partial charge < -0.3 is 16.2 Å². The van der Waals surface area contributed by atoms with Crippen molar-refractivity contribution in [3.8, 4) is 0 Å². The van der Waals surface area contributed by atoms with Crippen molar-refractivity contribution in [1.82, 2.24) is 5.32 Å². The second kappa shape index (κ2) is 6.13. The second-order valence-corrected chi connectivity index (χ2v) is 3.81. The summed E-state index contributed by atoms with van der Waals surface area (Å²) >= 11 is 0. The number of carbonyl (C=O) groups excluding carboxylic acids is 1. The zero-order valence-electron chi connectivity index (χ0n) is 10.1. The Hall–Kier alpha value is -2.45. The second-order valence-electron chi connectivity index (χ2n) is 3.81. The van der Waals surface area contributed by atoms with Gasteiger partial charge in [-0.1, -0.05) is 12.1 Å². The number of para-hydroxylation sites is 2. The molecule has 0 aromatic heterocycles. The first-order valence-electron chi connectivity index (χ1n) is 5.39.